The van der Waals surface area contributed by atoms with Gasteiger partial charge in [0.2, 0.25) is 0 Å². The fourth-order valence-electron chi connectivity index (χ4n) is 3.34. The summed E-state index contributed by atoms with van der Waals surface area (Å²) < 4.78 is 0. The highest BCUT2D eigenvalue weighted by Gasteiger charge is 2.32. The average molecular weight is 228 g/mol. The zero-order chi connectivity index (χ0) is 11.7. The Kier molecular flexibility index (Phi) is 2.98. The summed E-state index contributed by atoms with van der Waals surface area (Å²) >= 11 is 0. The molecule has 1 heterocycles. The van der Waals surface area contributed by atoms with E-state index in [1.165, 1.54) is 32.4 Å². The average Bonchev–Trinajstić information content (AvgIpc) is 2.95. The Bertz CT molecular complexity index is 425. The van der Waals surface area contributed by atoms with Crippen LogP contribution in [0.2, 0.25) is 0 Å². The lowest BCUT2D eigenvalue weighted by atomic mass is 10.1. The molecule has 17 heavy (non-hydrogen) atoms. The van der Waals surface area contributed by atoms with E-state index in [0.29, 0.717) is 12.0 Å². The van der Waals surface area contributed by atoms with Crippen molar-refractivity contribution in [3.63, 3.8) is 0 Å². The normalized spacial score (nSPS) is 29.0. The number of hydrogen-bond donors (Lipinski definition) is 0. The van der Waals surface area contributed by atoms with Gasteiger partial charge in [0.15, 0.2) is 0 Å². The Balaban J connectivity index is 1.75. The lowest BCUT2D eigenvalue weighted by Crippen LogP contribution is -2.25. The molecule has 1 saturated heterocycles. The summed E-state index contributed by atoms with van der Waals surface area (Å²) in [5, 5.41) is 0. The molecule has 90 valence electrons. The van der Waals surface area contributed by atoms with Gasteiger partial charge in [-0.2, -0.15) is 0 Å². The predicted octanol–water partition coefficient (Wildman–Crippen LogP) is 2.70. The quantitative estimate of drug-likeness (QED) is 0.711. The SMILES string of the molecule is C/N=C/C1CCN([C@H]2CCc3ccccc32)C1. The molecule has 1 aliphatic carbocycles. The molecule has 2 nitrogen and oxygen atoms in total. The van der Waals surface area contributed by atoms with Crippen molar-refractivity contribution >= 4 is 6.21 Å². The third-order valence-corrected chi connectivity index (χ3v) is 4.16. The Morgan fingerprint density at radius 2 is 2.18 bits per heavy atom. The molecule has 0 radical (unpaired) electrons. The molecule has 0 amide bonds. The van der Waals surface area contributed by atoms with Crippen LogP contribution in [0.25, 0.3) is 0 Å². The molecule has 0 spiro atoms. The molecule has 3 rings (SSSR count). The maximum Gasteiger partial charge on any atom is 0.0354 e. The first-order valence-electron chi connectivity index (χ1n) is 6.62. The first-order chi connectivity index (χ1) is 8.38. The van der Waals surface area contributed by atoms with Crippen molar-refractivity contribution in [3.05, 3.63) is 35.4 Å². The lowest BCUT2D eigenvalue weighted by Gasteiger charge is -2.24. The van der Waals surface area contributed by atoms with Gasteiger partial charge in [-0.25, -0.2) is 0 Å². The standard InChI is InChI=1S/C15H20N2/c1-16-10-12-8-9-17(11-12)15-7-6-13-4-2-3-5-14(13)15/h2-5,10,12,15H,6-9,11H2,1H3/b16-10+/t12?,15-/m0/s1. The van der Waals surface area contributed by atoms with Crippen LogP contribution in [0.4, 0.5) is 0 Å². The Morgan fingerprint density at radius 1 is 1.29 bits per heavy atom. The zero-order valence-corrected chi connectivity index (χ0v) is 10.5. The molecule has 0 bridgehead atoms. The van der Waals surface area contributed by atoms with Crippen LogP contribution in [0, 0.1) is 5.92 Å². The van der Waals surface area contributed by atoms with Crippen LogP contribution in [0.5, 0.6) is 0 Å². The first kappa shape index (κ1) is 11.0. The summed E-state index contributed by atoms with van der Waals surface area (Å²) in [6.07, 6.45) is 5.95. The van der Waals surface area contributed by atoms with Gasteiger partial charge in [-0.1, -0.05) is 24.3 Å². The Hall–Kier alpha value is -1.15. The van der Waals surface area contributed by atoms with E-state index < -0.39 is 0 Å². The molecule has 1 unspecified atom stereocenters. The Morgan fingerprint density at radius 3 is 3.06 bits per heavy atom. The van der Waals surface area contributed by atoms with Crippen molar-refractivity contribution in [3.8, 4) is 0 Å². The molecule has 0 aromatic heterocycles. The highest BCUT2D eigenvalue weighted by molar-refractivity contribution is 5.61. The largest absolute Gasteiger partial charge is 0.301 e. The van der Waals surface area contributed by atoms with Gasteiger partial charge in [0.25, 0.3) is 0 Å². The number of aryl methyl sites for hydroxylation is 1. The summed E-state index contributed by atoms with van der Waals surface area (Å²) in [6, 6.07) is 9.61. The van der Waals surface area contributed by atoms with Gasteiger partial charge in [-0.15, -0.1) is 0 Å². The van der Waals surface area contributed by atoms with Crippen LogP contribution < -0.4 is 0 Å². The molecule has 1 aliphatic heterocycles. The van der Waals surface area contributed by atoms with Crippen LogP contribution in [0.15, 0.2) is 29.3 Å². The predicted molar refractivity (Wildman–Crippen MR) is 71.6 cm³/mol. The molecule has 1 aromatic carbocycles. The number of likely N-dealkylation sites (tertiary alicyclic amines) is 1. The third-order valence-electron chi connectivity index (χ3n) is 4.16. The topological polar surface area (TPSA) is 15.6 Å². The van der Waals surface area contributed by atoms with Crippen molar-refractivity contribution in [2.45, 2.75) is 25.3 Å². The molecular formula is C15H20N2. The second kappa shape index (κ2) is 4.61. The van der Waals surface area contributed by atoms with Crippen molar-refractivity contribution in [2.75, 3.05) is 20.1 Å². The van der Waals surface area contributed by atoms with E-state index in [-0.39, 0.29) is 0 Å². The van der Waals surface area contributed by atoms with Crippen molar-refractivity contribution in [1.29, 1.82) is 0 Å². The maximum atomic E-state index is 4.17. The monoisotopic (exact) mass is 228 g/mol. The van der Waals surface area contributed by atoms with Crippen LogP contribution in [0.3, 0.4) is 0 Å². The van der Waals surface area contributed by atoms with Gasteiger partial charge < -0.3 is 4.99 Å². The summed E-state index contributed by atoms with van der Waals surface area (Å²) in [7, 11) is 1.88. The second-order valence-corrected chi connectivity index (χ2v) is 5.20. The van der Waals surface area contributed by atoms with E-state index in [0.717, 1.165) is 0 Å². The van der Waals surface area contributed by atoms with Crippen molar-refractivity contribution < 1.29 is 0 Å². The third kappa shape index (κ3) is 2.02. The van der Waals surface area contributed by atoms with Gasteiger partial charge in [0, 0.05) is 31.8 Å². The summed E-state index contributed by atoms with van der Waals surface area (Å²) in [5.41, 5.74) is 3.13. The zero-order valence-electron chi connectivity index (χ0n) is 10.5. The van der Waals surface area contributed by atoms with E-state index in [1.807, 2.05) is 7.05 Å². The fraction of sp³-hybridized carbons (Fsp3) is 0.533. The van der Waals surface area contributed by atoms with Crippen LogP contribution in [0.1, 0.15) is 30.0 Å². The number of aliphatic imine (C=N–C) groups is 1. The van der Waals surface area contributed by atoms with Gasteiger partial charge in [0.1, 0.15) is 0 Å². The maximum absolute atomic E-state index is 4.17. The van der Waals surface area contributed by atoms with Crippen LogP contribution in [-0.4, -0.2) is 31.3 Å². The van der Waals surface area contributed by atoms with E-state index in [4.69, 9.17) is 0 Å². The first-order valence-corrected chi connectivity index (χ1v) is 6.62. The molecule has 1 aromatic rings. The lowest BCUT2D eigenvalue weighted by molar-refractivity contribution is 0.242. The molecule has 0 saturated carbocycles. The van der Waals surface area contributed by atoms with E-state index in [9.17, 15) is 0 Å². The number of fused-ring (bicyclic) bond motifs is 1. The number of rotatable bonds is 2. The molecule has 0 N–H and O–H groups in total. The van der Waals surface area contributed by atoms with Gasteiger partial charge in [0.05, 0.1) is 0 Å². The molecule has 1 fully saturated rings. The van der Waals surface area contributed by atoms with E-state index >= 15 is 0 Å². The van der Waals surface area contributed by atoms with E-state index in [2.05, 4.69) is 40.4 Å². The summed E-state index contributed by atoms with van der Waals surface area (Å²) in [6.45, 7) is 2.42. The molecule has 2 atom stereocenters. The number of benzene rings is 1. The van der Waals surface area contributed by atoms with Crippen molar-refractivity contribution in [1.82, 2.24) is 4.90 Å². The fourth-order valence-corrected chi connectivity index (χ4v) is 3.34. The van der Waals surface area contributed by atoms with Crippen LogP contribution in [-0.2, 0) is 6.42 Å². The summed E-state index contributed by atoms with van der Waals surface area (Å²) in [4.78, 5) is 6.82. The minimum atomic E-state index is 0.668. The van der Waals surface area contributed by atoms with Gasteiger partial charge in [-0.3, -0.25) is 4.90 Å². The van der Waals surface area contributed by atoms with E-state index in [1.54, 1.807) is 11.1 Å². The minimum absolute atomic E-state index is 0.668. The molecule has 2 heteroatoms. The highest BCUT2D eigenvalue weighted by atomic mass is 15.2. The van der Waals surface area contributed by atoms with Crippen molar-refractivity contribution in [2.24, 2.45) is 10.9 Å². The van der Waals surface area contributed by atoms with Gasteiger partial charge in [-0.05, 0) is 36.9 Å². The molecular weight excluding hydrogens is 208 g/mol. The number of nitrogens with zero attached hydrogens (tertiary/aromatic N) is 2. The highest BCUT2D eigenvalue weighted by Crippen LogP contribution is 2.37. The van der Waals surface area contributed by atoms with Crippen LogP contribution >= 0.6 is 0 Å². The Labute approximate surface area is 103 Å². The summed E-state index contributed by atoms with van der Waals surface area (Å²) in [5.74, 6) is 0.674. The van der Waals surface area contributed by atoms with Gasteiger partial charge >= 0.3 is 0 Å². The smallest absolute Gasteiger partial charge is 0.0354 e. The second-order valence-electron chi connectivity index (χ2n) is 5.20. The minimum Gasteiger partial charge on any atom is -0.301 e. The molecule has 2 aliphatic rings. The number of hydrogen-bond acceptors (Lipinski definition) is 2.